The fourth-order valence-electron chi connectivity index (χ4n) is 4.72. The van der Waals surface area contributed by atoms with Crippen LogP contribution in [0, 0.1) is 0 Å². The molecule has 0 bridgehead atoms. The second kappa shape index (κ2) is 10.0. The Kier molecular flexibility index (Phi) is 6.96. The molecule has 0 radical (unpaired) electrons. The zero-order chi connectivity index (χ0) is 25.6. The molecule has 0 amide bonds. The minimum atomic E-state index is -0.985. The van der Waals surface area contributed by atoms with Crippen LogP contribution in [0.2, 0.25) is 10.0 Å². The van der Waals surface area contributed by atoms with Crippen molar-refractivity contribution in [2.75, 3.05) is 20.2 Å². The minimum absolute atomic E-state index is 0.154. The molecule has 0 saturated carbocycles. The molecule has 1 N–H and O–H groups in total. The number of aromatic carboxylic acids is 1. The number of fused-ring (bicyclic) bond motifs is 1. The van der Waals surface area contributed by atoms with E-state index in [1.165, 1.54) is 24.5 Å². The normalized spacial score (nSPS) is 16.3. The highest BCUT2D eigenvalue weighted by Gasteiger charge is 2.31. The number of rotatable bonds is 7. The molecule has 5 rings (SSSR count). The molecule has 2 aromatic carbocycles. The van der Waals surface area contributed by atoms with E-state index in [1.54, 1.807) is 18.2 Å². The molecule has 1 unspecified atom stereocenters. The van der Waals surface area contributed by atoms with Crippen molar-refractivity contribution in [1.29, 1.82) is 0 Å². The lowest BCUT2D eigenvalue weighted by Gasteiger charge is -2.17. The third kappa shape index (κ3) is 4.59. The smallest absolute Gasteiger partial charge is 0.335 e. The summed E-state index contributed by atoms with van der Waals surface area (Å²) in [4.78, 5) is 18.7. The van der Waals surface area contributed by atoms with Gasteiger partial charge in [-0.1, -0.05) is 48.3 Å². The van der Waals surface area contributed by atoms with Gasteiger partial charge in [0.05, 0.1) is 32.4 Å². The van der Waals surface area contributed by atoms with Crippen molar-refractivity contribution in [3.63, 3.8) is 0 Å². The lowest BCUT2D eigenvalue weighted by Crippen LogP contribution is -2.20. The van der Waals surface area contributed by atoms with Crippen molar-refractivity contribution in [3.05, 3.63) is 62.3 Å². The number of carbonyl (C=O) groups is 1. The second-order valence-electron chi connectivity index (χ2n) is 9.23. The van der Waals surface area contributed by atoms with Crippen molar-refractivity contribution in [1.82, 2.24) is 15.0 Å². The SMILES string of the molecule is COc1cc(C(=O)O)cc2sc(C3CCN(Cc4c(-c5c(Cl)cccc5Cl)noc4C(C)C)C3)nc12. The Morgan fingerprint density at radius 2 is 2.06 bits per heavy atom. The first-order valence-electron chi connectivity index (χ1n) is 11.6. The van der Waals surface area contributed by atoms with Gasteiger partial charge in [-0.2, -0.15) is 0 Å². The molecular weight excluding hydrogens is 521 g/mol. The van der Waals surface area contributed by atoms with Crippen LogP contribution in [0.15, 0.2) is 34.9 Å². The lowest BCUT2D eigenvalue weighted by molar-refractivity contribution is 0.0696. The Hall–Kier alpha value is -2.65. The molecule has 10 heteroatoms. The van der Waals surface area contributed by atoms with Crippen molar-refractivity contribution in [2.24, 2.45) is 0 Å². The van der Waals surface area contributed by atoms with E-state index in [0.717, 1.165) is 40.5 Å². The molecule has 0 spiro atoms. The van der Waals surface area contributed by atoms with Gasteiger partial charge in [-0.05, 0) is 37.2 Å². The summed E-state index contributed by atoms with van der Waals surface area (Å²) in [6.45, 7) is 6.51. The first-order chi connectivity index (χ1) is 17.3. The Bertz CT molecular complexity index is 1430. The van der Waals surface area contributed by atoms with E-state index in [9.17, 15) is 9.90 Å². The molecule has 1 fully saturated rings. The van der Waals surface area contributed by atoms with Gasteiger partial charge in [0.25, 0.3) is 0 Å². The number of carboxylic acid groups (broad SMARTS) is 1. The Labute approximate surface area is 222 Å². The highest BCUT2D eigenvalue weighted by molar-refractivity contribution is 7.18. The van der Waals surface area contributed by atoms with Crippen molar-refractivity contribution < 1.29 is 19.2 Å². The average molecular weight is 546 g/mol. The predicted octanol–water partition coefficient (Wildman–Crippen LogP) is 7.08. The van der Waals surface area contributed by atoms with Gasteiger partial charge in [0.15, 0.2) is 0 Å². The van der Waals surface area contributed by atoms with Gasteiger partial charge in [-0.3, -0.25) is 4.90 Å². The number of nitrogens with zero attached hydrogens (tertiary/aromatic N) is 3. The van der Waals surface area contributed by atoms with Gasteiger partial charge < -0.3 is 14.4 Å². The van der Waals surface area contributed by atoms with Crippen LogP contribution in [-0.2, 0) is 6.54 Å². The Morgan fingerprint density at radius 3 is 2.72 bits per heavy atom. The quantitative estimate of drug-likeness (QED) is 0.265. The van der Waals surface area contributed by atoms with Crippen molar-refractivity contribution in [3.8, 4) is 17.0 Å². The molecule has 1 aliphatic rings. The summed E-state index contributed by atoms with van der Waals surface area (Å²) in [5, 5.41) is 15.9. The molecule has 1 atom stereocenters. The van der Waals surface area contributed by atoms with Crippen LogP contribution in [0.4, 0.5) is 0 Å². The van der Waals surface area contributed by atoms with Crippen LogP contribution in [0.1, 0.15) is 58.8 Å². The van der Waals surface area contributed by atoms with E-state index in [1.807, 2.05) is 6.07 Å². The van der Waals surface area contributed by atoms with Gasteiger partial charge in [0, 0.05) is 36.1 Å². The number of hydrogen-bond acceptors (Lipinski definition) is 7. The van der Waals surface area contributed by atoms with E-state index in [-0.39, 0.29) is 17.4 Å². The summed E-state index contributed by atoms with van der Waals surface area (Å²) in [6.07, 6.45) is 0.943. The molecule has 3 heterocycles. The number of likely N-dealkylation sites (tertiary alicyclic amines) is 1. The minimum Gasteiger partial charge on any atom is -0.494 e. The van der Waals surface area contributed by atoms with Gasteiger partial charge >= 0.3 is 5.97 Å². The van der Waals surface area contributed by atoms with E-state index < -0.39 is 5.97 Å². The number of halogens is 2. The molecule has 188 valence electrons. The van der Waals surface area contributed by atoms with Gasteiger partial charge in [0.1, 0.15) is 22.7 Å². The first-order valence-corrected chi connectivity index (χ1v) is 13.2. The van der Waals surface area contributed by atoms with Crippen LogP contribution in [0.5, 0.6) is 5.75 Å². The van der Waals surface area contributed by atoms with Crippen LogP contribution in [-0.4, -0.2) is 46.3 Å². The number of aromatic nitrogens is 2. The third-order valence-corrected chi connectivity index (χ3v) is 8.28. The van der Waals surface area contributed by atoms with Gasteiger partial charge in [-0.15, -0.1) is 11.3 Å². The number of thiazole rings is 1. The maximum absolute atomic E-state index is 11.5. The van der Waals surface area contributed by atoms with Gasteiger partial charge in [0.2, 0.25) is 0 Å². The fraction of sp³-hybridized carbons (Fsp3) is 0.346. The van der Waals surface area contributed by atoms with Crippen molar-refractivity contribution in [2.45, 2.75) is 38.6 Å². The van der Waals surface area contributed by atoms with Crippen LogP contribution < -0.4 is 4.74 Å². The van der Waals surface area contributed by atoms with Crippen LogP contribution in [0.25, 0.3) is 21.5 Å². The monoisotopic (exact) mass is 545 g/mol. The molecule has 1 saturated heterocycles. The van der Waals surface area contributed by atoms with E-state index in [4.69, 9.17) is 37.4 Å². The van der Waals surface area contributed by atoms with E-state index in [0.29, 0.717) is 39.1 Å². The van der Waals surface area contributed by atoms with Gasteiger partial charge in [-0.25, -0.2) is 9.78 Å². The average Bonchev–Trinajstić information content (AvgIpc) is 3.57. The topological polar surface area (TPSA) is 88.7 Å². The number of hydrogen-bond donors (Lipinski definition) is 1. The standard InChI is InChI=1S/C26H25Cl2N3O4S/c1-13(2)24-16(22(30-35-24)21-17(27)5-4-6-18(21)28)12-31-8-7-14(11-31)25-29-23-19(34-3)9-15(26(32)33)10-20(23)36-25/h4-6,9-10,13-14H,7-8,11-12H2,1-3H3,(H,32,33). The van der Waals surface area contributed by atoms with Crippen molar-refractivity contribution >= 4 is 50.7 Å². The number of benzene rings is 2. The lowest BCUT2D eigenvalue weighted by atomic mass is 10.0. The maximum atomic E-state index is 11.5. The summed E-state index contributed by atoms with van der Waals surface area (Å²) in [7, 11) is 1.53. The fourth-order valence-corrected chi connectivity index (χ4v) is 6.45. The predicted molar refractivity (Wildman–Crippen MR) is 142 cm³/mol. The summed E-state index contributed by atoms with van der Waals surface area (Å²) in [5.74, 6) is 0.711. The molecule has 7 nitrogen and oxygen atoms in total. The summed E-state index contributed by atoms with van der Waals surface area (Å²) in [6, 6.07) is 8.61. The van der Waals surface area contributed by atoms with Crippen LogP contribution >= 0.6 is 34.5 Å². The molecule has 36 heavy (non-hydrogen) atoms. The zero-order valence-corrected chi connectivity index (χ0v) is 22.4. The first kappa shape index (κ1) is 25.0. The summed E-state index contributed by atoms with van der Waals surface area (Å²) >= 11 is 14.5. The highest BCUT2D eigenvalue weighted by Crippen LogP contribution is 2.41. The number of carboxylic acids is 1. The van der Waals surface area contributed by atoms with E-state index >= 15 is 0 Å². The maximum Gasteiger partial charge on any atom is 0.335 e. The molecule has 2 aromatic heterocycles. The largest absolute Gasteiger partial charge is 0.494 e. The molecule has 0 aliphatic carbocycles. The van der Waals surface area contributed by atoms with E-state index in [2.05, 4.69) is 23.9 Å². The molecular formula is C26H25Cl2N3O4S. The summed E-state index contributed by atoms with van der Waals surface area (Å²) < 4.78 is 12.0. The Balaban J connectivity index is 1.43. The zero-order valence-electron chi connectivity index (χ0n) is 20.0. The number of methoxy groups -OCH3 is 1. The second-order valence-corrected chi connectivity index (χ2v) is 11.1. The third-order valence-electron chi connectivity index (χ3n) is 6.49. The summed E-state index contributed by atoms with van der Waals surface area (Å²) in [5.41, 5.74) is 3.27. The highest BCUT2D eigenvalue weighted by atomic mass is 35.5. The Morgan fingerprint density at radius 1 is 1.31 bits per heavy atom. The molecule has 4 aromatic rings. The molecule has 1 aliphatic heterocycles. The number of ether oxygens (including phenoxy) is 1. The van der Waals surface area contributed by atoms with Crippen LogP contribution in [0.3, 0.4) is 0 Å².